The molecule has 0 unspecified atom stereocenters. The van der Waals surface area contributed by atoms with Crippen LogP contribution in [0, 0.1) is 0 Å². The second-order valence-corrected chi connectivity index (χ2v) is 4.44. The zero-order chi connectivity index (χ0) is 10.3. The molecule has 0 aliphatic rings. The minimum atomic E-state index is -1.67. The molecule has 0 bridgehead atoms. The van der Waals surface area contributed by atoms with Gasteiger partial charge in [-0.25, -0.2) is 4.21 Å². The van der Waals surface area contributed by atoms with E-state index in [1.807, 2.05) is 6.07 Å². The minimum absolute atomic E-state index is 0.379. The van der Waals surface area contributed by atoms with E-state index in [1.54, 1.807) is 24.3 Å². The summed E-state index contributed by atoms with van der Waals surface area (Å²) in [6.07, 6.45) is 0. The van der Waals surface area contributed by atoms with E-state index in [4.69, 9.17) is 9.94 Å². The number of amides is 1. The first-order chi connectivity index (χ1) is 6.04. The third-order valence-electron chi connectivity index (χ3n) is 1.06. The molecule has 0 radical (unpaired) electrons. The molecule has 3 nitrogen and oxygen atoms in total. The lowest BCUT2D eigenvalue weighted by atomic mass is 10.2. The summed E-state index contributed by atoms with van der Waals surface area (Å²) in [7, 11) is 7.36. The lowest BCUT2D eigenvalue weighted by Crippen LogP contribution is -2.09. The third-order valence-corrected chi connectivity index (χ3v) is 1.06. The summed E-state index contributed by atoms with van der Waals surface area (Å²) in [5.41, 5.74) is 5.53. The molecule has 0 saturated heterocycles. The highest BCUT2D eigenvalue weighted by Crippen LogP contribution is 1.94. The fourth-order valence-electron chi connectivity index (χ4n) is 0.602. The van der Waals surface area contributed by atoms with Crippen LogP contribution in [0.1, 0.15) is 10.4 Å². The largest absolute Gasteiger partial charge is 0.366 e. The van der Waals surface area contributed by atoms with Gasteiger partial charge in [0.2, 0.25) is 15.1 Å². The van der Waals surface area contributed by atoms with Crippen LogP contribution in [0.4, 0.5) is 0 Å². The van der Waals surface area contributed by atoms with E-state index in [-0.39, 0.29) is 5.91 Å². The summed E-state index contributed by atoms with van der Waals surface area (Å²) >= 11 is 0. The normalized spacial score (nSPS) is 8.85. The lowest BCUT2D eigenvalue weighted by Gasteiger charge is -1.89. The van der Waals surface area contributed by atoms with E-state index in [0.717, 1.165) is 0 Å². The molecule has 2 N–H and O–H groups in total. The van der Waals surface area contributed by atoms with Crippen molar-refractivity contribution in [3.63, 3.8) is 0 Å². The molecular weight excluding hydrogens is 233 g/mol. The number of benzene rings is 1. The fraction of sp³-hybridized carbons (Fsp3) is 0. The minimum Gasteiger partial charge on any atom is -0.366 e. The van der Waals surface area contributed by atoms with Gasteiger partial charge < -0.3 is 5.73 Å². The van der Waals surface area contributed by atoms with Gasteiger partial charge in [0.25, 0.3) is 0 Å². The number of carbonyl (C=O) groups is 1. The van der Waals surface area contributed by atoms with Gasteiger partial charge in [-0.05, 0) is 12.1 Å². The molecular formula is C7H7Cl2NO2S. The quantitative estimate of drug-likeness (QED) is 0.761. The maximum Gasteiger partial charge on any atom is 0.248 e. The van der Waals surface area contributed by atoms with Crippen molar-refractivity contribution in [1.82, 2.24) is 0 Å². The number of rotatable bonds is 1. The first kappa shape index (κ1) is 12.4. The summed E-state index contributed by atoms with van der Waals surface area (Å²) in [5.74, 6) is -0.379. The number of halogens is 2. The monoisotopic (exact) mass is 239 g/mol. The summed E-state index contributed by atoms with van der Waals surface area (Å²) in [6, 6.07) is 8.76. The number of hydrogen-bond donors (Lipinski definition) is 1. The summed E-state index contributed by atoms with van der Waals surface area (Å²) < 4.78 is 9.09. The predicted molar refractivity (Wildman–Crippen MR) is 54.8 cm³/mol. The van der Waals surface area contributed by atoms with Gasteiger partial charge in [0.05, 0.1) is 0 Å². The van der Waals surface area contributed by atoms with Gasteiger partial charge in [0.1, 0.15) is 0 Å². The van der Waals surface area contributed by atoms with Crippen LogP contribution in [0.25, 0.3) is 0 Å². The SMILES string of the molecule is NC(=O)c1ccccc1.O=S(Cl)Cl. The Kier molecular flexibility index (Phi) is 6.58. The molecule has 1 rings (SSSR count). The smallest absolute Gasteiger partial charge is 0.248 e. The Hall–Kier alpha value is -0.580. The Bertz CT molecular complexity index is 288. The predicted octanol–water partition coefficient (Wildman–Crippen LogP) is 1.83. The Labute approximate surface area is 87.3 Å². The van der Waals surface area contributed by atoms with Crippen LogP contribution in [0.2, 0.25) is 0 Å². The molecule has 0 aromatic heterocycles. The van der Waals surface area contributed by atoms with Crippen LogP contribution in [0.3, 0.4) is 0 Å². The first-order valence-electron chi connectivity index (χ1n) is 3.13. The number of hydrogen-bond acceptors (Lipinski definition) is 2. The van der Waals surface area contributed by atoms with Crippen molar-refractivity contribution in [2.75, 3.05) is 0 Å². The fourth-order valence-corrected chi connectivity index (χ4v) is 0.602. The van der Waals surface area contributed by atoms with E-state index in [1.165, 1.54) is 0 Å². The van der Waals surface area contributed by atoms with Crippen LogP contribution >= 0.6 is 21.4 Å². The highest BCUT2D eigenvalue weighted by Gasteiger charge is 1.93. The van der Waals surface area contributed by atoms with Crippen molar-refractivity contribution >= 4 is 36.5 Å². The molecule has 0 heterocycles. The third kappa shape index (κ3) is 7.77. The van der Waals surface area contributed by atoms with Gasteiger partial charge in [-0.2, -0.15) is 0 Å². The second-order valence-electron chi connectivity index (χ2n) is 1.91. The van der Waals surface area contributed by atoms with Crippen LogP contribution in [0.15, 0.2) is 30.3 Å². The molecule has 6 heteroatoms. The standard InChI is InChI=1S/C7H7NO.Cl2OS/c8-7(9)6-4-2-1-3-5-6;1-4(2)3/h1-5H,(H2,8,9);. The maximum atomic E-state index is 10.4. The molecule has 1 aromatic rings. The highest BCUT2D eigenvalue weighted by molar-refractivity contribution is 8.26. The Morgan fingerprint density at radius 2 is 1.62 bits per heavy atom. The van der Waals surface area contributed by atoms with Gasteiger partial charge in [-0.3, -0.25) is 4.79 Å². The van der Waals surface area contributed by atoms with E-state index in [0.29, 0.717) is 5.56 Å². The molecule has 0 saturated carbocycles. The van der Waals surface area contributed by atoms with E-state index in [2.05, 4.69) is 21.4 Å². The number of carbonyl (C=O) groups excluding carboxylic acids is 1. The van der Waals surface area contributed by atoms with Crippen LogP contribution in [-0.2, 0) is 9.23 Å². The molecule has 0 aliphatic carbocycles. The molecule has 1 aromatic carbocycles. The van der Waals surface area contributed by atoms with Crippen molar-refractivity contribution < 1.29 is 9.00 Å². The van der Waals surface area contributed by atoms with E-state index in [9.17, 15) is 4.79 Å². The second kappa shape index (κ2) is 6.88. The summed E-state index contributed by atoms with van der Waals surface area (Å²) in [6.45, 7) is 0. The zero-order valence-corrected chi connectivity index (χ0v) is 8.77. The molecule has 13 heavy (non-hydrogen) atoms. The van der Waals surface area contributed by atoms with Crippen molar-refractivity contribution in [2.24, 2.45) is 5.73 Å². The van der Waals surface area contributed by atoms with Gasteiger partial charge in [-0.1, -0.05) is 18.2 Å². The van der Waals surface area contributed by atoms with Gasteiger partial charge in [-0.15, -0.1) is 0 Å². The average molecular weight is 240 g/mol. The lowest BCUT2D eigenvalue weighted by molar-refractivity contribution is 0.100. The van der Waals surface area contributed by atoms with E-state index >= 15 is 0 Å². The molecule has 0 atom stereocenters. The van der Waals surface area contributed by atoms with E-state index < -0.39 is 9.23 Å². The Morgan fingerprint density at radius 3 is 1.85 bits per heavy atom. The Morgan fingerprint density at radius 1 is 1.23 bits per heavy atom. The molecule has 0 fully saturated rings. The molecule has 1 amide bonds. The first-order valence-corrected chi connectivity index (χ1v) is 5.93. The van der Waals surface area contributed by atoms with Gasteiger partial charge in [0.15, 0.2) is 0 Å². The van der Waals surface area contributed by atoms with Crippen molar-refractivity contribution in [1.29, 1.82) is 0 Å². The molecule has 0 spiro atoms. The zero-order valence-electron chi connectivity index (χ0n) is 6.44. The summed E-state index contributed by atoms with van der Waals surface area (Å²) in [4.78, 5) is 10.4. The number of nitrogens with two attached hydrogens (primary N) is 1. The van der Waals surface area contributed by atoms with Crippen molar-refractivity contribution in [3.05, 3.63) is 35.9 Å². The number of primary amides is 1. The highest BCUT2D eigenvalue weighted by atomic mass is 36.0. The Balaban J connectivity index is 0.000000310. The maximum absolute atomic E-state index is 10.4. The van der Waals surface area contributed by atoms with Gasteiger partial charge in [0, 0.05) is 26.9 Å². The average Bonchev–Trinajstić information content (AvgIpc) is 2.05. The van der Waals surface area contributed by atoms with Gasteiger partial charge >= 0.3 is 0 Å². The molecule has 0 aliphatic heterocycles. The van der Waals surface area contributed by atoms with Crippen LogP contribution < -0.4 is 5.73 Å². The molecule has 72 valence electrons. The van der Waals surface area contributed by atoms with Crippen LogP contribution in [-0.4, -0.2) is 10.1 Å². The topological polar surface area (TPSA) is 60.2 Å². The summed E-state index contributed by atoms with van der Waals surface area (Å²) in [5, 5.41) is 0. The van der Waals surface area contributed by atoms with Crippen molar-refractivity contribution in [3.8, 4) is 0 Å². The van der Waals surface area contributed by atoms with Crippen molar-refractivity contribution in [2.45, 2.75) is 0 Å². The van der Waals surface area contributed by atoms with Crippen LogP contribution in [0.5, 0.6) is 0 Å².